The van der Waals surface area contributed by atoms with Gasteiger partial charge in [-0.05, 0) is 44.2 Å². The lowest BCUT2D eigenvalue weighted by Crippen LogP contribution is -2.43. The lowest BCUT2D eigenvalue weighted by molar-refractivity contribution is -0.385. The molecule has 1 saturated heterocycles. The zero-order chi connectivity index (χ0) is 18.6. The van der Waals surface area contributed by atoms with E-state index in [1.165, 1.54) is 10.4 Å². The van der Waals surface area contributed by atoms with Gasteiger partial charge in [-0.25, -0.2) is 16.8 Å². The van der Waals surface area contributed by atoms with Crippen LogP contribution in [0, 0.1) is 24.0 Å². The Kier molecular flexibility index (Phi) is 4.41. The molecular weight excluding hydrogens is 368 g/mol. The highest BCUT2D eigenvalue weighted by Gasteiger charge is 2.46. The van der Waals surface area contributed by atoms with E-state index >= 15 is 0 Å². The van der Waals surface area contributed by atoms with Crippen molar-refractivity contribution in [2.75, 3.05) is 11.5 Å². The number of nitro benzene ring substituents is 1. The minimum atomic E-state index is -4.02. The van der Waals surface area contributed by atoms with Gasteiger partial charge in [-0.2, -0.15) is 4.31 Å². The molecule has 138 valence electrons. The molecule has 10 heteroatoms. The first-order valence-electron chi connectivity index (χ1n) is 8.02. The molecular formula is C15H20N2O6S2. The molecule has 1 aromatic rings. The van der Waals surface area contributed by atoms with Crippen molar-refractivity contribution in [1.29, 1.82) is 0 Å². The van der Waals surface area contributed by atoms with Crippen LogP contribution in [-0.4, -0.2) is 49.7 Å². The summed E-state index contributed by atoms with van der Waals surface area (Å²) in [6, 6.07) is 1.61. The summed E-state index contributed by atoms with van der Waals surface area (Å²) in [5.74, 6) is -0.209. The van der Waals surface area contributed by atoms with E-state index in [1.54, 1.807) is 13.8 Å². The van der Waals surface area contributed by atoms with Crippen LogP contribution in [0.25, 0.3) is 0 Å². The fourth-order valence-corrected chi connectivity index (χ4v) is 7.32. The maximum absolute atomic E-state index is 13.3. The molecule has 0 N–H and O–H groups in total. The number of aryl methyl sites for hydroxylation is 1. The van der Waals surface area contributed by atoms with Crippen molar-refractivity contribution in [3.8, 4) is 0 Å². The van der Waals surface area contributed by atoms with E-state index in [0.29, 0.717) is 24.0 Å². The highest BCUT2D eigenvalue weighted by molar-refractivity contribution is 7.92. The standard InChI is InChI=1S/C15H20N2O6S2/c1-10-7-14(17(18)19)8-15(11(10)2)25(22,23)16(12-3-4-12)13-5-6-24(20,21)9-13/h7-8,12-13H,3-6,9H2,1-2H3/t13-/m0/s1. The van der Waals surface area contributed by atoms with E-state index in [9.17, 15) is 26.9 Å². The van der Waals surface area contributed by atoms with E-state index in [2.05, 4.69) is 0 Å². The third-order valence-electron chi connectivity index (χ3n) is 4.85. The Morgan fingerprint density at radius 3 is 2.28 bits per heavy atom. The number of sulfonamides is 1. The topological polar surface area (TPSA) is 115 Å². The van der Waals surface area contributed by atoms with E-state index in [0.717, 1.165) is 6.07 Å². The zero-order valence-corrected chi connectivity index (χ0v) is 15.6. The van der Waals surface area contributed by atoms with Crippen LogP contribution in [0.2, 0.25) is 0 Å². The average Bonchev–Trinajstić information content (AvgIpc) is 3.25. The summed E-state index contributed by atoms with van der Waals surface area (Å²) in [5, 5.41) is 11.1. The molecule has 25 heavy (non-hydrogen) atoms. The third kappa shape index (κ3) is 3.42. The second-order valence-corrected chi connectivity index (χ2v) is 10.8. The van der Waals surface area contributed by atoms with Gasteiger partial charge < -0.3 is 0 Å². The fourth-order valence-electron chi connectivity index (χ4n) is 3.29. The molecule has 1 aliphatic heterocycles. The molecule has 2 fully saturated rings. The van der Waals surface area contributed by atoms with Crippen LogP contribution in [0.3, 0.4) is 0 Å². The minimum absolute atomic E-state index is 0.0245. The minimum Gasteiger partial charge on any atom is -0.258 e. The molecule has 1 aromatic carbocycles. The molecule has 3 rings (SSSR count). The van der Waals surface area contributed by atoms with E-state index in [-0.39, 0.29) is 34.6 Å². The summed E-state index contributed by atoms with van der Waals surface area (Å²) in [5.41, 5.74) is 0.691. The van der Waals surface area contributed by atoms with Crippen LogP contribution in [0.1, 0.15) is 30.4 Å². The summed E-state index contributed by atoms with van der Waals surface area (Å²) < 4.78 is 51.4. The molecule has 2 aliphatic rings. The second-order valence-electron chi connectivity index (χ2n) is 6.77. The van der Waals surface area contributed by atoms with Crippen LogP contribution in [0.15, 0.2) is 17.0 Å². The lowest BCUT2D eigenvalue weighted by Gasteiger charge is -2.28. The Morgan fingerprint density at radius 2 is 1.80 bits per heavy atom. The van der Waals surface area contributed by atoms with Crippen molar-refractivity contribution in [3.63, 3.8) is 0 Å². The predicted octanol–water partition coefficient (Wildman–Crippen LogP) is 1.55. The van der Waals surface area contributed by atoms with E-state index in [1.807, 2.05) is 0 Å². The molecule has 1 aliphatic carbocycles. The number of hydrogen-bond acceptors (Lipinski definition) is 6. The van der Waals surface area contributed by atoms with Crippen molar-refractivity contribution in [2.24, 2.45) is 0 Å². The first kappa shape index (κ1) is 18.3. The van der Waals surface area contributed by atoms with E-state index < -0.39 is 30.8 Å². The average molecular weight is 388 g/mol. The molecule has 0 spiro atoms. The maximum Gasteiger partial charge on any atom is 0.271 e. The third-order valence-corrected chi connectivity index (χ3v) is 8.73. The van der Waals surface area contributed by atoms with Gasteiger partial charge in [-0.3, -0.25) is 10.1 Å². The van der Waals surface area contributed by atoms with Gasteiger partial charge in [0.1, 0.15) is 0 Å². The number of hydrogen-bond donors (Lipinski definition) is 0. The number of nitro groups is 1. The molecule has 1 atom stereocenters. The highest BCUT2D eigenvalue weighted by atomic mass is 32.2. The molecule has 1 heterocycles. The van der Waals surface area contributed by atoms with Crippen molar-refractivity contribution < 1.29 is 21.8 Å². The molecule has 0 aromatic heterocycles. The number of benzene rings is 1. The molecule has 1 saturated carbocycles. The van der Waals surface area contributed by atoms with Gasteiger partial charge in [-0.1, -0.05) is 0 Å². The Bertz CT molecular complexity index is 935. The second kappa shape index (κ2) is 6.03. The number of non-ortho nitro benzene ring substituents is 1. The maximum atomic E-state index is 13.3. The molecule has 0 unspecified atom stereocenters. The first-order chi connectivity index (χ1) is 11.5. The summed E-state index contributed by atoms with van der Waals surface area (Å²) in [4.78, 5) is 10.4. The number of sulfone groups is 1. The number of rotatable bonds is 5. The van der Waals surface area contributed by atoms with Crippen LogP contribution < -0.4 is 0 Å². The zero-order valence-electron chi connectivity index (χ0n) is 14.0. The SMILES string of the molecule is Cc1cc([N+](=O)[O-])cc(S(=O)(=O)N(C2CC2)[C@H]2CCS(=O)(=O)C2)c1C. The smallest absolute Gasteiger partial charge is 0.258 e. The molecule has 8 nitrogen and oxygen atoms in total. The van der Waals surface area contributed by atoms with Gasteiger partial charge >= 0.3 is 0 Å². The quantitative estimate of drug-likeness (QED) is 0.558. The summed E-state index contributed by atoms with van der Waals surface area (Å²) in [7, 11) is -7.26. The van der Waals surface area contributed by atoms with Gasteiger partial charge in [0.25, 0.3) is 5.69 Å². The Hall–Kier alpha value is -1.52. The normalized spacial score (nSPS) is 23.1. The van der Waals surface area contributed by atoms with Crippen LogP contribution in [-0.2, 0) is 19.9 Å². The first-order valence-corrected chi connectivity index (χ1v) is 11.3. The summed E-state index contributed by atoms with van der Waals surface area (Å²) in [6.45, 7) is 3.24. The fraction of sp³-hybridized carbons (Fsp3) is 0.600. The Morgan fingerprint density at radius 1 is 1.16 bits per heavy atom. The largest absolute Gasteiger partial charge is 0.271 e. The van der Waals surface area contributed by atoms with Crippen LogP contribution in [0.4, 0.5) is 5.69 Å². The van der Waals surface area contributed by atoms with Crippen LogP contribution >= 0.6 is 0 Å². The predicted molar refractivity (Wildman–Crippen MR) is 91.7 cm³/mol. The number of nitrogens with zero attached hydrogens (tertiary/aromatic N) is 2. The van der Waals surface area contributed by atoms with Gasteiger partial charge in [0, 0.05) is 24.2 Å². The van der Waals surface area contributed by atoms with Gasteiger partial charge in [-0.15, -0.1) is 0 Å². The summed E-state index contributed by atoms with van der Waals surface area (Å²) >= 11 is 0. The van der Waals surface area contributed by atoms with E-state index in [4.69, 9.17) is 0 Å². The van der Waals surface area contributed by atoms with Crippen molar-refractivity contribution in [1.82, 2.24) is 4.31 Å². The van der Waals surface area contributed by atoms with Crippen molar-refractivity contribution in [3.05, 3.63) is 33.4 Å². The van der Waals surface area contributed by atoms with Gasteiger partial charge in [0.05, 0.1) is 21.3 Å². The molecule has 0 amide bonds. The van der Waals surface area contributed by atoms with Gasteiger partial charge in [0.15, 0.2) is 9.84 Å². The molecule has 0 bridgehead atoms. The van der Waals surface area contributed by atoms with Crippen LogP contribution in [0.5, 0.6) is 0 Å². The lowest BCUT2D eigenvalue weighted by atomic mass is 10.1. The van der Waals surface area contributed by atoms with Gasteiger partial charge in [0.2, 0.25) is 10.0 Å². The Labute approximate surface area is 147 Å². The molecule has 0 radical (unpaired) electrons. The Balaban J connectivity index is 2.09. The summed E-state index contributed by atoms with van der Waals surface area (Å²) in [6.07, 6.45) is 1.64. The van der Waals surface area contributed by atoms with Crippen molar-refractivity contribution >= 4 is 25.5 Å². The van der Waals surface area contributed by atoms with Crippen molar-refractivity contribution in [2.45, 2.75) is 50.1 Å². The highest BCUT2D eigenvalue weighted by Crippen LogP contribution is 2.38. The monoisotopic (exact) mass is 388 g/mol.